The number of piperazine rings is 1. The number of pyridine rings is 1. The summed E-state index contributed by atoms with van der Waals surface area (Å²) in [5.41, 5.74) is -2.38. The average molecular weight is 705 g/mol. The van der Waals surface area contributed by atoms with E-state index in [9.17, 15) is 18.5 Å². The number of hydrogen-bond acceptors (Lipinski definition) is 12. The molecular weight excluding hydrogens is 664 g/mol. The number of hydrogen-bond donors (Lipinski definition) is 0. The lowest BCUT2D eigenvalue weighted by atomic mass is 9.87. The van der Waals surface area contributed by atoms with Crippen molar-refractivity contribution in [1.29, 1.82) is 5.26 Å². The highest BCUT2D eigenvalue weighted by molar-refractivity contribution is 7.93. The lowest BCUT2D eigenvalue weighted by Gasteiger charge is -2.42. The Hall–Kier alpha value is -4.91. The van der Waals surface area contributed by atoms with Crippen LogP contribution >= 0.6 is 0 Å². The van der Waals surface area contributed by atoms with Crippen LogP contribution in [0.25, 0.3) is 0 Å². The number of methoxy groups -OCH3 is 2. The van der Waals surface area contributed by atoms with E-state index in [1.807, 2.05) is 0 Å². The number of piperidine rings is 1. The van der Waals surface area contributed by atoms with E-state index in [1.165, 1.54) is 67.8 Å². The maximum Gasteiger partial charge on any atom is 0.411 e. The summed E-state index contributed by atoms with van der Waals surface area (Å²) in [6.07, 6.45) is 2.72. The lowest BCUT2D eigenvalue weighted by molar-refractivity contribution is -0.132. The van der Waals surface area contributed by atoms with Gasteiger partial charge in [-0.05, 0) is 82.4 Å². The number of nitrogens with zero attached hydrogens (tertiary/aromatic N) is 6. The molecule has 2 aromatic carbocycles. The van der Waals surface area contributed by atoms with E-state index in [0.717, 1.165) is 25.9 Å². The van der Waals surface area contributed by atoms with Gasteiger partial charge in [-0.2, -0.15) is 9.57 Å². The minimum absolute atomic E-state index is 0.0147. The van der Waals surface area contributed by atoms with Gasteiger partial charge in [0.15, 0.2) is 0 Å². The zero-order valence-electron chi connectivity index (χ0n) is 28.5. The maximum absolute atomic E-state index is 15.1. The number of rotatable bonds is 9. The van der Waals surface area contributed by atoms with Crippen LogP contribution in [0.1, 0.15) is 36.5 Å². The molecule has 2 saturated heterocycles. The topological polar surface area (TPSA) is 155 Å². The molecule has 3 aromatic rings. The second-order valence-electron chi connectivity index (χ2n) is 12.3. The number of sulfonamides is 1. The number of fused-ring (bicyclic) bond motifs is 1. The summed E-state index contributed by atoms with van der Waals surface area (Å²) in [5, 5.41) is 9.91. The van der Waals surface area contributed by atoms with Gasteiger partial charge in [-0.15, -0.1) is 0 Å². The van der Waals surface area contributed by atoms with Crippen LogP contribution in [0, 0.1) is 11.3 Å². The first kappa shape index (κ1) is 34.9. The van der Waals surface area contributed by atoms with Crippen molar-refractivity contribution in [2.75, 3.05) is 71.4 Å². The van der Waals surface area contributed by atoms with Gasteiger partial charge in [0, 0.05) is 50.0 Å². The van der Waals surface area contributed by atoms with E-state index in [0.29, 0.717) is 42.3 Å². The zero-order chi connectivity index (χ0) is 35.6. The van der Waals surface area contributed by atoms with Crippen LogP contribution in [0.3, 0.4) is 0 Å². The highest BCUT2D eigenvalue weighted by Crippen LogP contribution is 2.52. The molecule has 0 radical (unpaired) electrons. The van der Waals surface area contributed by atoms with Gasteiger partial charge in [0.1, 0.15) is 16.4 Å². The summed E-state index contributed by atoms with van der Waals surface area (Å²) in [4.78, 5) is 39.5. The monoisotopic (exact) mass is 704 g/mol. The Morgan fingerprint density at radius 2 is 1.74 bits per heavy atom. The van der Waals surface area contributed by atoms with E-state index in [2.05, 4.69) is 27.9 Å². The molecule has 6 rings (SSSR count). The van der Waals surface area contributed by atoms with Crippen molar-refractivity contribution in [2.24, 2.45) is 0 Å². The average Bonchev–Trinajstić information content (AvgIpc) is 3.39. The Kier molecular flexibility index (Phi) is 9.88. The summed E-state index contributed by atoms with van der Waals surface area (Å²) in [7, 11) is 0.108. The van der Waals surface area contributed by atoms with Crippen LogP contribution in [-0.2, 0) is 25.2 Å². The zero-order valence-corrected chi connectivity index (χ0v) is 29.3. The summed E-state index contributed by atoms with van der Waals surface area (Å²) in [6.45, 7) is 5.83. The van der Waals surface area contributed by atoms with Crippen LogP contribution in [0.5, 0.6) is 17.4 Å². The number of amides is 2. The van der Waals surface area contributed by atoms with Gasteiger partial charge in [-0.3, -0.25) is 9.69 Å². The van der Waals surface area contributed by atoms with E-state index < -0.39 is 27.6 Å². The van der Waals surface area contributed by atoms with Gasteiger partial charge in [0.2, 0.25) is 5.88 Å². The number of ether oxygens (including phenoxy) is 4. The van der Waals surface area contributed by atoms with Gasteiger partial charge < -0.3 is 28.7 Å². The number of anilines is 1. The van der Waals surface area contributed by atoms with Gasteiger partial charge in [0.25, 0.3) is 21.5 Å². The number of nitriles is 1. The Morgan fingerprint density at radius 3 is 2.40 bits per heavy atom. The highest BCUT2D eigenvalue weighted by atomic mass is 32.2. The maximum atomic E-state index is 15.1. The molecule has 0 spiro atoms. The third-order valence-corrected chi connectivity index (χ3v) is 11.3. The molecule has 50 heavy (non-hydrogen) atoms. The normalized spacial score (nSPS) is 20.3. The molecular formula is C35H40N6O8S. The van der Waals surface area contributed by atoms with E-state index in [-0.39, 0.29) is 45.5 Å². The van der Waals surface area contributed by atoms with Gasteiger partial charge in [0.05, 0.1) is 43.7 Å². The second kappa shape index (κ2) is 14.1. The van der Waals surface area contributed by atoms with Crippen LogP contribution in [0.15, 0.2) is 59.6 Å². The third kappa shape index (κ3) is 6.08. The molecule has 0 bridgehead atoms. The van der Waals surface area contributed by atoms with Crippen molar-refractivity contribution in [3.63, 3.8) is 0 Å². The largest absolute Gasteiger partial charge is 0.497 e. The predicted octanol–water partition coefficient (Wildman–Crippen LogP) is 3.20. The molecule has 264 valence electrons. The fourth-order valence-corrected chi connectivity index (χ4v) is 8.51. The number of benzene rings is 2. The molecule has 14 nitrogen and oxygen atoms in total. The molecule has 1 atom stereocenters. The molecule has 0 N–H and O–H groups in total. The molecule has 1 aromatic heterocycles. The Morgan fingerprint density at radius 1 is 1.00 bits per heavy atom. The van der Waals surface area contributed by atoms with E-state index in [1.54, 1.807) is 13.0 Å². The highest BCUT2D eigenvalue weighted by Gasteiger charge is 2.61. The van der Waals surface area contributed by atoms with Crippen molar-refractivity contribution in [2.45, 2.75) is 36.3 Å². The van der Waals surface area contributed by atoms with Gasteiger partial charge in [-0.25, -0.2) is 18.2 Å². The molecule has 0 aliphatic carbocycles. The predicted molar refractivity (Wildman–Crippen MR) is 182 cm³/mol. The molecule has 0 saturated carbocycles. The molecule has 2 fully saturated rings. The number of aromatic nitrogens is 1. The standard InChI is InChI=1S/C35H40N6O8S/c1-5-48-32-27(7-6-14-37-32)35(49-34(43)40-19-17-39(18-20-40)25-12-15-38(2)16-13-25)28-21-24(23-36)8-10-29(28)41(33(35)42)50(44,45)31-11-9-26(46-3)22-30(31)47-4/h6-11,14,21-22,25H,5,12-13,15-20H2,1-4H3. The van der Waals surface area contributed by atoms with Gasteiger partial charge >= 0.3 is 6.09 Å². The van der Waals surface area contributed by atoms with Crippen molar-refractivity contribution >= 4 is 27.7 Å². The number of carbonyl (C=O) groups is 2. The van der Waals surface area contributed by atoms with Crippen molar-refractivity contribution < 1.29 is 37.0 Å². The molecule has 1 unspecified atom stereocenters. The summed E-state index contributed by atoms with van der Waals surface area (Å²) >= 11 is 0. The van der Waals surface area contributed by atoms with Gasteiger partial charge in [-0.1, -0.05) is 0 Å². The van der Waals surface area contributed by atoms with E-state index in [4.69, 9.17) is 18.9 Å². The summed E-state index contributed by atoms with van der Waals surface area (Å²) < 4.78 is 52.6. The molecule has 3 aliphatic rings. The lowest BCUT2D eigenvalue weighted by Crippen LogP contribution is -2.55. The van der Waals surface area contributed by atoms with Crippen molar-refractivity contribution in [3.05, 3.63) is 71.4 Å². The SMILES string of the molecule is CCOc1ncccc1C1(OC(=O)N2CCN(C3CCN(C)CC3)CC2)C(=O)N(S(=O)(=O)c2ccc(OC)cc2OC)c2ccc(C#N)cc21. The van der Waals surface area contributed by atoms with Crippen LogP contribution in [-0.4, -0.2) is 113 Å². The number of likely N-dealkylation sites (tertiary alicyclic amines) is 1. The van der Waals surface area contributed by atoms with Crippen LogP contribution < -0.4 is 18.5 Å². The fraction of sp³-hybridized carbons (Fsp3) is 0.429. The molecule has 3 aliphatic heterocycles. The Balaban J connectivity index is 1.45. The minimum Gasteiger partial charge on any atom is -0.497 e. The summed E-state index contributed by atoms with van der Waals surface area (Å²) in [5.74, 6) is -0.866. The van der Waals surface area contributed by atoms with Crippen LogP contribution in [0.2, 0.25) is 0 Å². The van der Waals surface area contributed by atoms with E-state index >= 15 is 4.79 Å². The summed E-state index contributed by atoms with van der Waals surface area (Å²) in [6, 6.07) is 13.7. The smallest absolute Gasteiger partial charge is 0.411 e. The fourth-order valence-electron chi connectivity index (χ4n) is 6.91. The minimum atomic E-state index is -4.73. The Bertz CT molecular complexity index is 1920. The Labute approximate surface area is 291 Å². The van der Waals surface area contributed by atoms with Crippen molar-refractivity contribution in [3.8, 4) is 23.4 Å². The third-order valence-electron chi connectivity index (χ3n) is 9.55. The first-order valence-electron chi connectivity index (χ1n) is 16.4. The molecule has 4 heterocycles. The first-order chi connectivity index (χ1) is 24.1. The van der Waals surface area contributed by atoms with Crippen LogP contribution in [0.4, 0.5) is 10.5 Å². The van der Waals surface area contributed by atoms with Crippen molar-refractivity contribution in [1.82, 2.24) is 19.7 Å². The quantitative estimate of drug-likeness (QED) is 0.321. The first-order valence-corrected chi connectivity index (χ1v) is 17.9. The number of carbonyl (C=O) groups excluding carboxylic acids is 2. The molecule has 15 heteroatoms. The molecule has 2 amide bonds. The second-order valence-corrected chi connectivity index (χ2v) is 14.1.